The second kappa shape index (κ2) is 5.95. The fraction of sp³-hybridized carbons (Fsp3) is 0.533. The quantitative estimate of drug-likeness (QED) is 0.929. The van der Waals surface area contributed by atoms with Crippen LogP contribution in [0, 0.1) is 5.41 Å². The molecule has 0 radical (unpaired) electrons. The number of rotatable bonds is 4. The molecule has 0 heterocycles. The predicted molar refractivity (Wildman–Crippen MR) is 80.2 cm³/mol. The van der Waals surface area contributed by atoms with Crippen LogP contribution in [0.3, 0.4) is 0 Å². The molecule has 1 aromatic rings. The zero-order chi connectivity index (χ0) is 15.6. The maximum atomic E-state index is 12.1. The van der Waals surface area contributed by atoms with Crippen LogP contribution in [0.4, 0.5) is 0 Å². The van der Waals surface area contributed by atoms with E-state index < -0.39 is 15.3 Å². The van der Waals surface area contributed by atoms with Gasteiger partial charge < -0.3 is 5.32 Å². The summed E-state index contributed by atoms with van der Waals surface area (Å²) >= 11 is 0. The minimum Gasteiger partial charge on any atom is -0.349 e. The lowest BCUT2D eigenvalue weighted by Gasteiger charge is -2.23. The summed E-state index contributed by atoms with van der Waals surface area (Å²) < 4.78 is 24.2. The number of benzene rings is 1. The van der Waals surface area contributed by atoms with Gasteiger partial charge >= 0.3 is 0 Å². The number of carbonyl (C=O) groups is 1. The van der Waals surface area contributed by atoms with E-state index in [2.05, 4.69) is 5.32 Å². The highest BCUT2D eigenvalue weighted by Crippen LogP contribution is 2.24. The third-order valence-electron chi connectivity index (χ3n) is 3.13. The Balaban J connectivity index is 3.12. The van der Waals surface area contributed by atoms with Crippen molar-refractivity contribution in [1.29, 1.82) is 0 Å². The van der Waals surface area contributed by atoms with Crippen molar-refractivity contribution in [2.24, 2.45) is 5.41 Å². The van der Waals surface area contributed by atoms with Gasteiger partial charge in [0, 0.05) is 5.41 Å². The molecule has 0 fully saturated rings. The Labute approximate surface area is 121 Å². The third-order valence-corrected chi connectivity index (χ3v) is 4.93. The van der Waals surface area contributed by atoms with Crippen LogP contribution in [-0.4, -0.2) is 20.1 Å². The zero-order valence-corrected chi connectivity index (χ0v) is 13.5. The Morgan fingerprint density at radius 1 is 1.25 bits per heavy atom. The van der Waals surface area contributed by atoms with Gasteiger partial charge in [-0.25, -0.2) is 8.42 Å². The maximum absolute atomic E-state index is 12.1. The molecule has 0 aliphatic heterocycles. The molecule has 1 rings (SSSR count). The van der Waals surface area contributed by atoms with E-state index >= 15 is 0 Å². The van der Waals surface area contributed by atoms with Gasteiger partial charge in [0.15, 0.2) is 9.84 Å². The molecule has 0 aliphatic rings. The van der Waals surface area contributed by atoms with Crippen LogP contribution in [0.5, 0.6) is 0 Å². The summed E-state index contributed by atoms with van der Waals surface area (Å²) in [5, 5.41) is 2.87. The van der Waals surface area contributed by atoms with Gasteiger partial charge in [0.2, 0.25) is 5.91 Å². The highest BCUT2D eigenvalue weighted by atomic mass is 32.2. The van der Waals surface area contributed by atoms with Gasteiger partial charge in [-0.05, 0) is 18.6 Å². The topological polar surface area (TPSA) is 63.2 Å². The summed E-state index contributed by atoms with van der Waals surface area (Å²) in [4.78, 5) is 12.3. The van der Waals surface area contributed by atoms with Crippen molar-refractivity contribution in [2.75, 3.05) is 5.75 Å². The SMILES string of the molecule is CCS(=O)(=O)c1ccccc1[C@@H](C)NC(=O)C(C)(C)C. The number of hydrogen-bond donors (Lipinski definition) is 1. The fourth-order valence-electron chi connectivity index (χ4n) is 1.77. The summed E-state index contributed by atoms with van der Waals surface area (Å²) in [7, 11) is -3.30. The lowest BCUT2D eigenvalue weighted by atomic mass is 9.94. The Hall–Kier alpha value is -1.36. The van der Waals surface area contributed by atoms with E-state index in [1.54, 1.807) is 38.1 Å². The summed E-state index contributed by atoms with van der Waals surface area (Å²) in [6.45, 7) is 8.88. The minimum absolute atomic E-state index is 0.0456. The second-order valence-corrected chi connectivity index (χ2v) is 8.13. The molecule has 112 valence electrons. The maximum Gasteiger partial charge on any atom is 0.225 e. The van der Waals surface area contributed by atoms with Crippen molar-refractivity contribution in [2.45, 2.75) is 45.6 Å². The molecule has 0 saturated heterocycles. The van der Waals surface area contributed by atoms with Crippen molar-refractivity contribution >= 4 is 15.7 Å². The monoisotopic (exact) mass is 297 g/mol. The van der Waals surface area contributed by atoms with Gasteiger partial charge in [0.05, 0.1) is 16.7 Å². The Morgan fingerprint density at radius 2 is 1.80 bits per heavy atom. The van der Waals surface area contributed by atoms with Gasteiger partial charge in [-0.2, -0.15) is 0 Å². The average Bonchev–Trinajstić information content (AvgIpc) is 2.37. The molecule has 0 bridgehead atoms. The molecule has 20 heavy (non-hydrogen) atoms. The summed E-state index contributed by atoms with van der Waals surface area (Å²) in [6, 6.07) is 6.47. The van der Waals surface area contributed by atoms with Gasteiger partial charge in [-0.3, -0.25) is 4.79 Å². The van der Waals surface area contributed by atoms with Crippen molar-refractivity contribution < 1.29 is 13.2 Å². The second-order valence-electron chi connectivity index (χ2n) is 5.89. The molecule has 0 aliphatic carbocycles. The lowest BCUT2D eigenvalue weighted by molar-refractivity contribution is -0.129. The van der Waals surface area contributed by atoms with Crippen LogP contribution in [0.15, 0.2) is 29.2 Å². The van der Waals surface area contributed by atoms with E-state index in [0.29, 0.717) is 10.5 Å². The molecule has 1 atom stereocenters. The Morgan fingerprint density at radius 3 is 2.30 bits per heavy atom. The molecule has 4 nitrogen and oxygen atoms in total. The number of hydrogen-bond acceptors (Lipinski definition) is 3. The van der Waals surface area contributed by atoms with Gasteiger partial charge in [0.1, 0.15) is 0 Å². The standard InChI is InChI=1S/C15H23NO3S/c1-6-20(18,19)13-10-8-7-9-12(13)11(2)16-14(17)15(3,4)5/h7-11H,6H2,1-5H3,(H,16,17)/t11-/m1/s1. The molecule has 1 N–H and O–H groups in total. The molecule has 0 unspecified atom stereocenters. The third kappa shape index (κ3) is 3.82. The number of carbonyl (C=O) groups excluding carboxylic acids is 1. The first-order valence-corrected chi connectivity index (χ1v) is 8.37. The first kappa shape index (κ1) is 16.7. The number of nitrogens with one attached hydrogen (secondary N) is 1. The number of sulfone groups is 1. The van der Waals surface area contributed by atoms with Crippen LogP contribution >= 0.6 is 0 Å². The minimum atomic E-state index is -3.30. The van der Waals surface area contributed by atoms with Crippen LogP contribution < -0.4 is 5.32 Å². The van der Waals surface area contributed by atoms with Crippen LogP contribution in [0.25, 0.3) is 0 Å². The van der Waals surface area contributed by atoms with Crippen LogP contribution in [0.2, 0.25) is 0 Å². The van der Waals surface area contributed by atoms with Crippen LogP contribution in [0.1, 0.15) is 46.2 Å². The molecule has 1 amide bonds. The van der Waals surface area contributed by atoms with Crippen molar-refractivity contribution in [3.8, 4) is 0 Å². The highest BCUT2D eigenvalue weighted by Gasteiger charge is 2.25. The van der Waals surface area contributed by atoms with Crippen molar-refractivity contribution in [3.63, 3.8) is 0 Å². The molecule has 5 heteroatoms. The zero-order valence-electron chi connectivity index (χ0n) is 12.7. The van der Waals surface area contributed by atoms with Gasteiger partial charge in [-0.1, -0.05) is 45.9 Å². The average molecular weight is 297 g/mol. The fourth-order valence-corrected chi connectivity index (χ4v) is 2.97. The van der Waals surface area contributed by atoms with E-state index in [9.17, 15) is 13.2 Å². The molecular weight excluding hydrogens is 274 g/mol. The molecular formula is C15H23NO3S. The highest BCUT2D eigenvalue weighted by molar-refractivity contribution is 7.91. The lowest BCUT2D eigenvalue weighted by Crippen LogP contribution is -2.36. The first-order chi connectivity index (χ1) is 9.09. The molecule has 0 saturated carbocycles. The van der Waals surface area contributed by atoms with Crippen molar-refractivity contribution in [1.82, 2.24) is 5.32 Å². The van der Waals surface area contributed by atoms with E-state index in [-0.39, 0.29) is 17.7 Å². The largest absolute Gasteiger partial charge is 0.349 e. The smallest absolute Gasteiger partial charge is 0.225 e. The normalized spacial score (nSPS) is 13.8. The summed E-state index contributed by atoms with van der Waals surface area (Å²) in [5.41, 5.74) is 0.124. The van der Waals surface area contributed by atoms with Crippen LogP contribution in [-0.2, 0) is 14.6 Å². The Bertz CT molecular complexity index is 585. The summed E-state index contributed by atoms with van der Waals surface area (Å²) in [5.74, 6) is -0.0575. The number of amides is 1. The first-order valence-electron chi connectivity index (χ1n) is 6.72. The Kier molecular flexibility index (Phi) is 4.97. The van der Waals surface area contributed by atoms with E-state index in [4.69, 9.17) is 0 Å². The molecule has 0 aromatic heterocycles. The van der Waals surface area contributed by atoms with E-state index in [1.807, 2.05) is 20.8 Å². The molecule has 0 spiro atoms. The van der Waals surface area contributed by atoms with Crippen molar-refractivity contribution in [3.05, 3.63) is 29.8 Å². The molecule has 1 aromatic carbocycles. The van der Waals surface area contributed by atoms with E-state index in [1.165, 1.54) is 0 Å². The van der Waals surface area contributed by atoms with Gasteiger partial charge in [0.25, 0.3) is 0 Å². The van der Waals surface area contributed by atoms with Gasteiger partial charge in [-0.15, -0.1) is 0 Å². The summed E-state index contributed by atoms with van der Waals surface area (Å²) in [6.07, 6.45) is 0. The predicted octanol–water partition coefficient (Wildman–Crippen LogP) is 2.70. The van der Waals surface area contributed by atoms with E-state index in [0.717, 1.165) is 0 Å².